The van der Waals surface area contributed by atoms with E-state index in [0.29, 0.717) is 11.4 Å². The van der Waals surface area contributed by atoms with E-state index in [9.17, 15) is 4.79 Å². The number of para-hydroxylation sites is 1. The van der Waals surface area contributed by atoms with E-state index < -0.39 is 0 Å². The Morgan fingerprint density at radius 1 is 0.969 bits per heavy atom. The maximum Gasteiger partial charge on any atom is 0.252 e. The van der Waals surface area contributed by atoms with E-state index in [-0.39, 0.29) is 11.9 Å². The number of ether oxygens (including phenoxy) is 1. The number of hydrogen-bond donors (Lipinski definition) is 2. The summed E-state index contributed by atoms with van der Waals surface area (Å²) in [6.45, 7) is 2.04. The van der Waals surface area contributed by atoms with E-state index in [4.69, 9.17) is 4.74 Å². The van der Waals surface area contributed by atoms with Crippen LogP contribution in [0.3, 0.4) is 0 Å². The molecule has 0 aliphatic carbocycles. The van der Waals surface area contributed by atoms with Crippen LogP contribution < -0.4 is 15.4 Å². The van der Waals surface area contributed by atoms with Crippen LogP contribution in [0.4, 0.5) is 11.5 Å². The fourth-order valence-corrected chi connectivity index (χ4v) is 3.65. The van der Waals surface area contributed by atoms with E-state index in [1.54, 1.807) is 7.11 Å². The molecule has 3 aromatic carbocycles. The summed E-state index contributed by atoms with van der Waals surface area (Å²) in [5.41, 5.74) is 3.52. The lowest BCUT2D eigenvalue weighted by Crippen LogP contribution is -2.33. The number of fused-ring (bicyclic) bond motifs is 1. The molecule has 0 spiro atoms. The normalized spacial score (nSPS) is 11.7. The Labute approximate surface area is 188 Å². The third-order valence-corrected chi connectivity index (χ3v) is 5.41. The van der Waals surface area contributed by atoms with Crippen molar-refractivity contribution in [3.05, 3.63) is 96.1 Å². The smallest absolute Gasteiger partial charge is 0.252 e. The summed E-state index contributed by atoms with van der Waals surface area (Å²) < 4.78 is 5.22. The average molecular weight is 426 g/mol. The van der Waals surface area contributed by atoms with Gasteiger partial charge in [0.2, 0.25) is 0 Å². The molecule has 2 N–H and O–H groups in total. The standard InChI is InChI=1S/C27H27N3O2/c1-19(12-13-20-8-4-3-5-9-20)28-27(31)24-18-26(30-25-11-7-6-10-23(24)25)29-21-14-16-22(32-2)17-15-21/h3-11,14-19H,12-13H2,1-2H3,(H,28,31)(H,29,30). The third-order valence-electron chi connectivity index (χ3n) is 5.41. The van der Waals surface area contributed by atoms with E-state index in [2.05, 4.69) is 27.8 Å². The SMILES string of the molecule is COc1ccc(Nc2cc(C(=O)NC(C)CCc3ccccc3)c3ccccc3n2)cc1. The van der Waals surface area contributed by atoms with E-state index in [1.165, 1.54) is 5.56 Å². The number of benzene rings is 3. The van der Waals surface area contributed by atoms with Crippen LogP contribution in [0.15, 0.2) is 84.9 Å². The van der Waals surface area contributed by atoms with Crippen LogP contribution in [0, 0.1) is 0 Å². The number of nitrogens with zero attached hydrogens (tertiary/aromatic N) is 1. The first-order valence-corrected chi connectivity index (χ1v) is 10.8. The van der Waals surface area contributed by atoms with Crippen LogP contribution in [0.1, 0.15) is 29.3 Å². The van der Waals surface area contributed by atoms with E-state index >= 15 is 0 Å². The number of carbonyl (C=O) groups excluding carboxylic acids is 1. The number of nitrogens with one attached hydrogen (secondary N) is 2. The zero-order valence-electron chi connectivity index (χ0n) is 18.3. The molecule has 1 heterocycles. The maximum absolute atomic E-state index is 13.2. The lowest BCUT2D eigenvalue weighted by atomic mass is 10.0. The predicted molar refractivity (Wildman–Crippen MR) is 130 cm³/mol. The molecule has 0 bridgehead atoms. The summed E-state index contributed by atoms with van der Waals surface area (Å²) in [4.78, 5) is 17.9. The van der Waals surface area contributed by atoms with Crippen LogP contribution in [-0.2, 0) is 6.42 Å². The number of aromatic nitrogens is 1. The Balaban J connectivity index is 1.52. The highest BCUT2D eigenvalue weighted by atomic mass is 16.5. The molecule has 0 aliphatic rings. The largest absolute Gasteiger partial charge is 0.497 e. The first-order valence-electron chi connectivity index (χ1n) is 10.8. The lowest BCUT2D eigenvalue weighted by Gasteiger charge is -2.16. The Hall–Kier alpha value is -3.86. The van der Waals surface area contributed by atoms with Crippen LogP contribution in [0.2, 0.25) is 0 Å². The van der Waals surface area contributed by atoms with Gasteiger partial charge in [0.1, 0.15) is 11.6 Å². The molecule has 32 heavy (non-hydrogen) atoms. The van der Waals surface area contributed by atoms with Crippen LogP contribution in [0.5, 0.6) is 5.75 Å². The second-order valence-corrected chi connectivity index (χ2v) is 7.82. The number of pyridine rings is 1. The second-order valence-electron chi connectivity index (χ2n) is 7.82. The van der Waals surface area contributed by atoms with Gasteiger partial charge in [-0.3, -0.25) is 4.79 Å². The quantitative estimate of drug-likeness (QED) is 0.378. The molecule has 162 valence electrons. The molecule has 1 aromatic heterocycles. The minimum absolute atomic E-state index is 0.0487. The van der Waals surface area contributed by atoms with E-state index in [0.717, 1.165) is 35.2 Å². The number of hydrogen-bond acceptors (Lipinski definition) is 4. The molecule has 1 atom stereocenters. The topological polar surface area (TPSA) is 63.2 Å². The Kier molecular flexibility index (Phi) is 6.66. The summed E-state index contributed by atoms with van der Waals surface area (Å²) in [5, 5.41) is 7.28. The van der Waals surface area contributed by atoms with Gasteiger partial charge in [-0.1, -0.05) is 48.5 Å². The number of carbonyl (C=O) groups is 1. The van der Waals surface area contributed by atoms with Crippen molar-refractivity contribution in [1.82, 2.24) is 10.3 Å². The second kappa shape index (κ2) is 9.96. The highest BCUT2D eigenvalue weighted by Crippen LogP contribution is 2.24. The van der Waals surface area contributed by atoms with Gasteiger partial charge in [-0.2, -0.15) is 0 Å². The molecule has 5 nitrogen and oxygen atoms in total. The number of rotatable bonds is 8. The van der Waals surface area contributed by atoms with Crippen molar-refractivity contribution in [2.24, 2.45) is 0 Å². The molecular formula is C27H27N3O2. The fourth-order valence-electron chi connectivity index (χ4n) is 3.65. The zero-order chi connectivity index (χ0) is 22.3. The van der Waals surface area contributed by atoms with E-state index in [1.807, 2.05) is 79.7 Å². The summed E-state index contributed by atoms with van der Waals surface area (Å²) in [7, 11) is 1.64. The van der Waals surface area contributed by atoms with Crippen molar-refractivity contribution >= 4 is 28.3 Å². The Morgan fingerprint density at radius 2 is 1.69 bits per heavy atom. The molecule has 4 aromatic rings. The van der Waals surface area contributed by atoms with Gasteiger partial charge in [-0.05, 0) is 61.7 Å². The van der Waals surface area contributed by atoms with Gasteiger partial charge in [-0.15, -0.1) is 0 Å². The van der Waals surface area contributed by atoms with Crippen LogP contribution in [-0.4, -0.2) is 24.0 Å². The first kappa shape index (κ1) is 21.4. The van der Waals surface area contributed by atoms with Gasteiger partial charge in [0.05, 0.1) is 18.2 Å². The molecule has 0 fully saturated rings. The molecule has 5 heteroatoms. The van der Waals surface area contributed by atoms with Crippen molar-refractivity contribution in [1.29, 1.82) is 0 Å². The third kappa shape index (κ3) is 5.24. The minimum atomic E-state index is -0.0954. The summed E-state index contributed by atoms with van der Waals surface area (Å²) in [6.07, 6.45) is 1.79. The predicted octanol–water partition coefficient (Wildman–Crippen LogP) is 5.74. The van der Waals surface area contributed by atoms with Gasteiger partial charge in [0, 0.05) is 17.1 Å². The highest BCUT2D eigenvalue weighted by Gasteiger charge is 2.15. The van der Waals surface area contributed by atoms with Gasteiger partial charge in [-0.25, -0.2) is 4.98 Å². The number of anilines is 2. The van der Waals surface area contributed by atoms with Gasteiger partial charge >= 0.3 is 0 Å². The summed E-state index contributed by atoms with van der Waals surface area (Å²) in [5.74, 6) is 1.31. The van der Waals surface area contributed by atoms with Gasteiger partial charge < -0.3 is 15.4 Å². The van der Waals surface area contributed by atoms with Crippen molar-refractivity contribution in [3.63, 3.8) is 0 Å². The Morgan fingerprint density at radius 3 is 2.44 bits per heavy atom. The summed E-state index contributed by atoms with van der Waals surface area (Å²) in [6, 6.07) is 27.5. The van der Waals surface area contributed by atoms with Gasteiger partial charge in [0.15, 0.2) is 0 Å². The fraction of sp³-hybridized carbons (Fsp3) is 0.185. The number of aryl methyl sites for hydroxylation is 1. The Bertz CT molecular complexity index is 1190. The number of amides is 1. The van der Waals surface area contributed by atoms with Crippen LogP contribution >= 0.6 is 0 Å². The lowest BCUT2D eigenvalue weighted by molar-refractivity contribution is 0.0940. The van der Waals surface area contributed by atoms with Crippen molar-refractivity contribution in [2.45, 2.75) is 25.8 Å². The maximum atomic E-state index is 13.2. The summed E-state index contributed by atoms with van der Waals surface area (Å²) >= 11 is 0. The highest BCUT2D eigenvalue weighted by molar-refractivity contribution is 6.07. The molecule has 0 aliphatic heterocycles. The van der Waals surface area contributed by atoms with Crippen molar-refractivity contribution in [2.75, 3.05) is 12.4 Å². The number of methoxy groups -OCH3 is 1. The monoisotopic (exact) mass is 425 g/mol. The molecule has 0 saturated heterocycles. The zero-order valence-corrected chi connectivity index (χ0v) is 18.3. The van der Waals surface area contributed by atoms with Crippen LogP contribution in [0.25, 0.3) is 10.9 Å². The minimum Gasteiger partial charge on any atom is -0.497 e. The molecule has 0 radical (unpaired) electrons. The molecular weight excluding hydrogens is 398 g/mol. The van der Waals surface area contributed by atoms with Gasteiger partial charge in [0.25, 0.3) is 5.91 Å². The van der Waals surface area contributed by atoms with Crippen molar-refractivity contribution < 1.29 is 9.53 Å². The van der Waals surface area contributed by atoms with Crippen molar-refractivity contribution in [3.8, 4) is 5.75 Å². The molecule has 0 saturated carbocycles. The average Bonchev–Trinajstić information content (AvgIpc) is 2.83. The molecule has 1 amide bonds. The molecule has 4 rings (SSSR count). The molecule has 1 unspecified atom stereocenters. The first-order chi connectivity index (χ1) is 15.6.